The van der Waals surface area contributed by atoms with Crippen molar-refractivity contribution < 1.29 is 9.18 Å². The van der Waals surface area contributed by atoms with Crippen LogP contribution < -0.4 is 0 Å². The van der Waals surface area contributed by atoms with Crippen LogP contribution in [0.5, 0.6) is 0 Å². The van der Waals surface area contributed by atoms with Crippen molar-refractivity contribution in [2.75, 3.05) is 13.1 Å². The van der Waals surface area contributed by atoms with Gasteiger partial charge in [-0.1, -0.05) is 38.1 Å². The molecule has 4 rings (SSSR count). The van der Waals surface area contributed by atoms with Gasteiger partial charge in [-0.25, -0.2) is 9.37 Å². The second-order valence-corrected chi connectivity index (χ2v) is 8.04. The number of fused-ring (bicyclic) bond motifs is 1. The molecule has 150 valence electrons. The van der Waals surface area contributed by atoms with E-state index in [2.05, 4.69) is 48.1 Å². The molecule has 1 N–H and O–H groups in total. The molecular formula is C24H26FN3O. The van der Waals surface area contributed by atoms with Crippen LogP contribution in [0.2, 0.25) is 0 Å². The van der Waals surface area contributed by atoms with E-state index in [1.807, 2.05) is 11.0 Å². The molecule has 1 aromatic heterocycles. The van der Waals surface area contributed by atoms with Crippen LogP contribution in [-0.4, -0.2) is 33.9 Å². The standard InChI is InChI=1S/C24H26FN3O/c1-16(2)18-6-3-17(4-7-18)5-10-23(29)28-13-11-19(12-14-28)24-26-21-9-8-20(25)15-22(21)27-24/h3-10,15-16,19H,11-14H2,1-2H3,(H,26,27)/b10-5+. The van der Waals surface area contributed by atoms with Crippen LogP contribution in [0.3, 0.4) is 0 Å². The van der Waals surface area contributed by atoms with Gasteiger partial charge in [0.15, 0.2) is 0 Å². The lowest BCUT2D eigenvalue weighted by Gasteiger charge is -2.30. The third-order valence-corrected chi connectivity index (χ3v) is 5.68. The highest BCUT2D eigenvalue weighted by Crippen LogP contribution is 2.28. The third kappa shape index (κ3) is 4.39. The zero-order valence-electron chi connectivity index (χ0n) is 16.9. The summed E-state index contributed by atoms with van der Waals surface area (Å²) in [6.45, 7) is 5.74. The highest BCUT2D eigenvalue weighted by molar-refractivity contribution is 5.91. The summed E-state index contributed by atoms with van der Waals surface area (Å²) in [7, 11) is 0. The summed E-state index contributed by atoms with van der Waals surface area (Å²) < 4.78 is 13.4. The molecule has 5 heteroatoms. The first-order valence-corrected chi connectivity index (χ1v) is 10.2. The molecule has 2 aromatic carbocycles. The van der Waals surface area contributed by atoms with Crippen LogP contribution >= 0.6 is 0 Å². The number of carbonyl (C=O) groups is 1. The van der Waals surface area contributed by atoms with E-state index in [1.165, 1.54) is 17.7 Å². The monoisotopic (exact) mass is 391 g/mol. The Labute approximate surface area is 170 Å². The fourth-order valence-electron chi connectivity index (χ4n) is 3.83. The summed E-state index contributed by atoms with van der Waals surface area (Å²) in [4.78, 5) is 22.3. The first kappa shape index (κ1) is 19.4. The maximum absolute atomic E-state index is 13.4. The van der Waals surface area contributed by atoms with E-state index < -0.39 is 0 Å². The number of halogens is 1. The number of rotatable bonds is 4. The minimum Gasteiger partial charge on any atom is -0.342 e. The smallest absolute Gasteiger partial charge is 0.246 e. The lowest BCUT2D eigenvalue weighted by molar-refractivity contribution is -0.127. The summed E-state index contributed by atoms with van der Waals surface area (Å²) in [5, 5.41) is 0. The van der Waals surface area contributed by atoms with Crippen molar-refractivity contribution in [1.82, 2.24) is 14.9 Å². The van der Waals surface area contributed by atoms with Crippen molar-refractivity contribution in [2.24, 2.45) is 0 Å². The van der Waals surface area contributed by atoms with Gasteiger partial charge in [-0.05, 0) is 54.2 Å². The summed E-state index contributed by atoms with van der Waals surface area (Å²) in [5.74, 6) is 1.43. The molecule has 2 heterocycles. The molecule has 29 heavy (non-hydrogen) atoms. The number of carbonyl (C=O) groups excluding carboxylic acids is 1. The van der Waals surface area contributed by atoms with Gasteiger partial charge in [0.1, 0.15) is 11.6 Å². The number of aromatic nitrogens is 2. The molecule has 3 aromatic rings. The number of benzene rings is 2. The largest absolute Gasteiger partial charge is 0.342 e. The maximum atomic E-state index is 13.4. The molecule has 1 aliphatic heterocycles. The number of H-pyrrole nitrogens is 1. The highest BCUT2D eigenvalue weighted by atomic mass is 19.1. The van der Waals surface area contributed by atoms with Crippen molar-refractivity contribution >= 4 is 23.0 Å². The number of aromatic amines is 1. The maximum Gasteiger partial charge on any atom is 0.246 e. The normalized spacial score (nSPS) is 15.7. The summed E-state index contributed by atoms with van der Waals surface area (Å²) >= 11 is 0. The van der Waals surface area contributed by atoms with Gasteiger partial charge < -0.3 is 9.88 Å². The third-order valence-electron chi connectivity index (χ3n) is 5.68. The lowest BCUT2D eigenvalue weighted by Crippen LogP contribution is -2.37. The molecule has 1 fully saturated rings. The van der Waals surface area contributed by atoms with Gasteiger partial charge in [-0.15, -0.1) is 0 Å². The number of likely N-dealkylation sites (tertiary alicyclic amines) is 1. The van der Waals surface area contributed by atoms with Crippen molar-refractivity contribution in [3.05, 3.63) is 71.3 Å². The van der Waals surface area contributed by atoms with E-state index in [0.717, 1.165) is 35.3 Å². The molecule has 0 radical (unpaired) electrons. The number of hydrogen-bond donors (Lipinski definition) is 1. The number of amides is 1. The van der Waals surface area contributed by atoms with Crippen molar-refractivity contribution in [1.29, 1.82) is 0 Å². The van der Waals surface area contributed by atoms with E-state index in [9.17, 15) is 9.18 Å². The molecule has 0 bridgehead atoms. The van der Waals surface area contributed by atoms with Gasteiger partial charge in [0.05, 0.1) is 11.0 Å². The minimum absolute atomic E-state index is 0.0445. The van der Waals surface area contributed by atoms with E-state index in [-0.39, 0.29) is 17.6 Å². The fourth-order valence-corrected chi connectivity index (χ4v) is 3.83. The number of imidazole rings is 1. The minimum atomic E-state index is -0.265. The van der Waals surface area contributed by atoms with Crippen molar-refractivity contribution in [3.63, 3.8) is 0 Å². The highest BCUT2D eigenvalue weighted by Gasteiger charge is 2.24. The molecule has 0 saturated carbocycles. The average molecular weight is 391 g/mol. The molecular weight excluding hydrogens is 365 g/mol. The SMILES string of the molecule is CC(C)c1ccc(/C=C/C(=O)N2CCC(c3nc4ccc(F)cc4[nH]3)CC2)cc1. The van der Waals surface area contributed by atoms with Gasteiger partial charge in [-0.3, -0.25) is 4.79 Å². The molecule has 0 aliphatic carbocycles. The van der Waals surface area contributed by atoms with E-state index in [0.29, 0.717) is 19.0 Å². The molecule has 1 aliphatic rings. The Balaban J connectivity index is 1.35. The van der Waals surface area contributed by atoms with Crippen LogP contribution in [0.1, 0.15) is 55.5 Å². The van der Waals surface area contributed by atoms with Crippen molar-refractivity contribution in [3.8, 4) is 0 Å². The molecule has 1 saturated heterocycles. The van der Waals surface area contributed by atoms with Crippen LogP contribution in [0.4, 0.5) is 4.39 Å². The van der Waals surface area contributed by atoms with Crippen LogP contribution in [-0.2, 0) is 4.79 Å². The Morgan fingerprint density at radius 2 is 1.90 bits per heavy atom. The van der Waals surface area contributed by atoms with E-state index in [1.54, 1.807) is 12.1 Å². The number of nitrogens with zero attached hydrogens (tertiary/aromatic N) is 2. The topological polar surface area (TPSA) is 49.0 Å². The Kier molecular flexibility index (Phi) is 5.47. The van der Waals surface area contributed by atoms with E-state index in [4.69, 9.17) is 0 Å². The van der Waals surface area contributed by atoms with Crippen molar-refractivity contribution in [2.45, 2.75) is 38.5 Å². The number of hydrogen-bond acceptors (Lipinski definition) is 2. The number of piperidine rings is 1. The molecule has 4 nitrogen and oxygen atoms in total. The molecule has 1 amide bonds. The van der Waals surface area contributed by atoms with Crippen LogP contribution in [0.25, 0.3) is 17.1 Å². The molecule has 0 spiro atoms. The van der Waals surface area contributed by atoms with Gasteiger partial charge in [0, 0.05) is 25.1 Å². The quantitative estimate of drug-likeness (QED) is 0.618. The Bertz CT molecular complexity index is 1030. The van der Waals surface area contributed by atoms with Gasteiger partial charge in [0.25, 0.3) is 0 Å². The Morgan fingerprint density at radius 3 is 2.59 bits per heavy atom. The summed E-state index contributed by atoms with van der Waals surface area (Å²) in [5.41, 5.74) is 3.84. The zero-order chi connectivity index (χ0) is 20.4. The first-order valence-electron chi connectivity index (χ1n) is 10.2. The van der Waals surface area contributed by atoms with E-state index >= 15 is 0 Å². The zero-order valence-corrected chi connectivity index (χ0v) is 16.9. The van der Waals surface area contributed by atoms with Crippen LogP contribution in [0, 0.1) is 5.82 Å². The fraction of sp³-hybridized carbons (Fsp3) is 0.333. The van der Waals surface area contributed by atoms with Gasteiger partial charge in [-0.2, -0.15) is 0 Å². The van der Waals surface area contributed by atoms with Crippen LogP contribution in [0.15, 0.2) is 48.5 Å². The Hall–Kier alpha value is -2.95. The van der Waals surface area contributed by atoms with Gasteiger partial charge >= 0.3 is 0 Å². The summed E-state index contributed by atoms with van der Waals surface area (Å²) in [6, 6.07) is 12.9. The summed E-state index contributed by atoms with van der Waals surface area (Å²) in [6.07, 6.45) is 5.25. The molecule has 0 atom stereocenters. The average Bonchev–Trinajstić information content (AvgIpc) is 3.15. The lowest BCUT2D eigenvalue weighted by atomic mass is 9.96. The Morgan fingerprint density at radius 1 is 1.17 bits per heavy atom. The second kappa shape index (κ2) is 8.19. The first-order chi connectivity index (χ1) is 14.0. The predicted molar refractivity (Wildman–Crippen MR) is 114 cm³/mol. The van der Waals surface area contributed by atoms with Gasteiger partial charge in [0.2, 0.25) is 5.91 Å². The predicted octanol–water partition coefficient (Wildman–Crippen LogP) is 5.24. The number of nitrogens with one attached hydrogen (secondary N) is 1. The second-order valence-electron chi connectivity index (χ2n) is 8.04. The molecule has 0 unspecified atom stereocenters.